The predicted octanol–water partition coefficient (Wildman–Crippen LogP) is 2.07. The van der Waals surface area contributed by atoms with Gasteiger partial charge in [0, 0.05) is 47.7 Å². The van der Waals surface area contributed by atoms with Crippen LogP contribution in [0.1, 0.15) is 108 Å². The number of rotatable bonds is 13. The van der Waals surface area contributed by atoms with Gasteiger partial charge in [-0.05, 0) is 86.2 Å². The zero-order chi connectivity index (χ0) is 61.6. The van der Waals surface area contributed by atoms with Gasteiger partial charge in [-0.1, -0.05) is 52.7 Å². The minimum atomic E-state index is -2.40. The summed E-state index contributed by atoms with van der Waals surface area (Å²) in [5, 5.41) is 48.6. The molecule has 0 aromatic heterocycles. The Morgan fingerprint density at radius 2 is 0.929 bits per heavy atom. The standard InChI is InChI=1S/C60H74O24/c1-23(2)25(5)15-37(65)83-43-47-57-21-77-59(47,53(73)75-11)49(69)39(67)45(57)55(9)19-31(61)41(27(7)29(55)17-33(57)79-51(43)71)81-35(63)13-14-36(64)82-42-28(8)30-18-34-58-22-78-60(54(74)76-12,50(70)40(68)46(58)56(30,10)20-32(42)62)48(58)44(52(72)80-34)84-38(66)16-26(6)24(3)4/h15-16,23-24,29-30,33-34,39-40,43-50,67-70H,13-14,17-22H2,1-12H3/b25-15+,26-16+/t29-,30-,33+,34+,39+,40+,43?,44?,45+,46+,47+,48+,49-,50-,55-,56-,57?,58?,59+,60+/m0/s1. The highest BCUT2D eigenvalue weighted by molar-refractivity contribution is 6.00. The Morgan fingerprint density at radius 3 is 1.25 bits per heavy atom. The van der Waals surface area contributed by atoms with Gasteiger partial charge >= 0.3 is 47.8 Å². The molecule has 10 rings (SSSR count). The highest BCUT2D eigenvalue weighted by Crippen LogP contribution is 2.75. The van der Waals surface area contributed by atoms with Crippen LogP contribution in [0.15, 0.2) is 46.0 Å². The SMILES string of the molecule is COC(=O)[C@@]12OCC34[C@H]1C(OC(=O)/C=C(\C)C(C)C)C(=O)O[C@@H]3C[C@H]1C(C)=C(OC(=O)CCC(=O)OC3=C(C)[C@@H]5C[C@H]6OC(=O)C(OC(=O)/C=C(\C)C(C)C)[C@@H]7C68CO[C@@]7(C(=O)OC)[C@@H](O)[C@H](O)[C@@H]8[C@@]5(C)CC3=O)C(=O)C[C@]1(C)[C@H]4[C@@H](O)[C@@H]2O. The van der Waals surface area contributed by atoms with Gasteiger partial charge < -0.3 is 67.8 Å². The third-order valence-corrected chi connectivity index (χ3v) is 21.6. The molecule has 4 saturated carbocycles. The first-order valence-electron chi connectivity index (χ1n) is 28.6. The minimum Gasteiger partial charge on any atom is -0.467 e. The minimum absolute atomic E-state index is 0.0557. The Morgan fingerprint density at radius 1 is 0.583 bits per heavy atom. The predicted molar refractivity (Wildman–Crippen MR) is 279 cm³/mol. The van der Waals surface area contributed by atoms with Crippen LogP contribution in [0.4, 0.5) is 0 Å². The van der Waals surface area contributed by atoms with Crippen molar-refractivity contribution in [2.75, 3.05) is 27.4 Å². The summed E-state index contributed by atoms with van der Waals surface area (Å²) in [5.74, 6) is -17.3. The van der Waals surface area contributed by atoms with E-state index in [0.717, 1.165) is 14.2 Å². The topological polar surface area (TPSA) is 344 Å². The lowest BCUT2D eigenvalue weighted by Crippen LogP contribution is -2.79. The second kappa shape index (κ2) is 20.8. The first-order valence-corrected chi connectivity index (χ1v) is 28.6. The van der Waals surface area contributed by atoms with Crippen molar-refractivity contribution in [1.29, 1.82) is 0 Å². The van der Waals surface area contributed by atoms with E-state index in [1.54, 1.807) is 27.7 Å². The van der Waals surface area contributed by atoms with Gasteiger partial charge in [0.05, 0.1) is 64.3 Å². The van der Waals surface area contributed by atoms with Gasteiger partial charge in [-0.15, -0.1) is 0 Å². The van der Waals surface area contributed by atoms with Gasteiger partial charge in [-0.25, -0.2) is 28.8 Å². The van der Waals surface area contributed by atoms with Crippen LogP contribution in [0.3, 0.4) is 0 Å². The number of ether oxygens (including phenoxy) is 10. The maximum absolute atomic E-state index is 14.4. The van der Waals surface area contributed by atoms with E-state index < -0.39 is 202 Å². The number of fused-ring (bicyclic) bond motifs is 4. The van der Waals surface area contributed by atoms with Crippen molar-refractivity contribution in [3.8, 4) is 0 Å². The number of hydrogen-bond acceptors (Lipinski definition) is 24. The Bertz CT molecular complexity index is 2860. The summed E-state index contributed by atoms with van der Waals surface area (Å²) in [5.41, 5.74) is -8.79. The zero-order valence-corrected chi connectivity index (χ0v) is 49.0. The fourth-order valence-corrected chi connectivity index (χ4v) is 17.5. The molecule has 458 valence electrons. The lowest BCUT2D eigenvalue weighted by Gasteiger charge is -2.67. The highest BCUT2D eigenvalue weighted by atomic mass is 16.6. The second-order valence-corrected chi connectivity index (χ2v) is 26.1. The number of allylic oxidation sites excluding steroid dienone is 6. The van der Waals surface area contributed by atoms with E-state index >= 15 is 0 Å². The molecule has 2 spiro atoms. The van der Waals surface area contributed by atoms with Crippen molar-refractivity contribution >= 4 is 59.3 Å². The Balaban J connectivity index is 0.875. The third kappa shape index (κ3) is 8.25. The molecule has 24 nitrogen and oxygen atoms in total. The molecule has 4 bridgehead atoms. The van der Waals surface area contributed by atoms with Crippen molar-refractivity contribution in [1.82, 2.24) is 0 Å². The maximum Gasteiger partial charge on any atom is 0.348 e. The summed E-state index contributed by atoms with van der Waals surface area (Å²) in [6, 6.07) is 0. The van der Waals surface area contributed by atoms with Crippen LogP contribution in [0.25, 0.3) is 0 Å². The van der Waals surface area contributed by atoms with Crippen molar-refractivity contribution in [2.24, 2.45) is 69.0 Å². The van der Waals surface area contributed by atoms with Gasteiger partial charge in [0.1, 0.15) is 24.4 Å². The van der Waals surface area contributed by atoms with E-state index in [4.69, 9.17) is 47.4 Å². The van der Waals surface area contributed by atoms with Crippen LogP contribution in [-0.2, 0) is 95.3 Å². The zero-order valence-electron chi connectivity index (χ0n) is 49.0. The van der Waals surface area contributed by atoms with E-state index in [1.807, 2.05) is 27.7 Å². The molecule has 24 heteroatoms. The van der Waals surface area contributed by atoms with E-state index in [-0.39, 0.29) is 60.6 Å². The average Bonchev–Trinajstić information content (AvgIpc) is 1.35. The van der Waals surface area contributed by atoms with E-state index in [1.165, 1.54) is 26.0 Å². The molecular weight excluding hydrogens is 1100 g/mol. The van der Waals surface area contributed by atoms with Crippen LogP contribution in [0.2, 0.25) is 0 Å². The van der Waals surface area contributed by atoms with E-state index in [9.17, 15) is 68.4 Å². The fraction of sp³-hybridized carbons (Fsp3) is 0.700. The molecule has 4 heterocycles. The van der Waals surface area contributed by atoms with Gasteiger partial charge in [0.25, 0.3) is 0 Å². The summed E-state index contributed by atoms with van der Waals surface area (Å²) in [4.78, 5) is 139. The molecule has 0 aromatic rings. The molecule has 8 fully saturated rings. The van der Waals surface area contributed by atoms with Gasteiger partial charge in [-0.3, -0.25) is 19.2 Å². The maximum atomic E-state index is 14.4. The number of carbonyl (C=O) groups excluding carboxylic acids is 10. The smallest absolute Gasteiger partial charge is 0.348 e. The monoisotopic (exact) mass is 1180 g/mol. The summed E-state index contributed by atoms with van der Waals surface area (Å²) in [6.45, 7) is 16.5. The van der Waals surface area contributed by atoms with Crippen LogP contribution >= 0.6 is 0 Å². The number of carbonyl (C=O) groups is 10. The summed E-state index contributed by atoms with van der Waals surface area (Å²) >= 11 is 0. The van der Waals surface area contributed by atoms with Gasteiger partial charge in [0.2, 0.25) is 23.4 Å². The molecule has 0 radical (unpaired) electrons. The number of Topliss-reactive ketones (excluding diaryl/α,β-unsaturated/α-hetero) is 2. The molecule has 4 N–H and O–H groups in total. The normalized spacial score (nSPS) is 42.6. The first-order chi connectivity index (χ1) is 39.3. The average molecular weight is 1180 g/mol. The number of aliphatic hydroxyl groups excluding tert-OH is 4. The molecule has 6 aliphatic carbocycles. The van der Waals surface area contributed by atoms with E-state index in [2.05, 4.69) is 0 Å². The molecule has 0 aromatic carbocycles. The molecule has 20 atom stereocenters. The van der Waals surface area contributed by atoms with Crippen LogP contribution in [-0.4, -0.2) is 167 Å². The number of esters is 8. The van der Waals surface area contributed by atoms with Crippen molar-refractivity contribution in [3.63, 3.8) is 0 Å². The van der Waals surface area contributed by atoms with Gasteiger partial charge in [0.15, 0.2) is 23.1 Å². The first kappa shape index (κ1) is 60.9. The van der Waals surface area contributed by atoms with E-state index in [0.29, 0.717) is 11.1 Å². The molecule has 4 aliphatic heterocycles. The Kier molecular flexibility index (Phi) is 15.1. The largest absolute Gasteiger partial charge is 0.467 e. The van der Waals surface area contributed by atoms with Crippen molar-refractivity contribution in [3.05, 3.63) is 46.0 Å². The number of ketones is 2. The molecular formula is C60H74O24. The highest BCUT2D eigenvalue weighted by Gasteiger charge is 2.87. The molecule has 84 heavy (non-hydrogen) atoms. The third-order valence-electron chi connectivity index (χ3n) is 21.6. The van der Waals surface area contributed by atoms with Crippen LogP contribution < -0.4 is 0 Å². The molecule has 0 amide bonds. The van der Waals surface area contributed by atoms with Crippen LogP contribution in [0.5, 0.6) is 0 Å². The summed E-state index contributed by atoms with van der Waals surface area (Å²) in [7, 11) is 2.08. The Hall–Kier alpha value is -6.18. The molecule has 4 unspecified atom stereocenters. The number of aliphatic hydroxyl groups is 4. The van der Waals surface area contributed by atoms with Crippen molar-refractivity contribution < 1.29 is 116 Å². The van der Waals surface area contributed by atoms with Crippen LogP contribution in [0, 0.1) is 69.0 Å². The summed E-state index contributed by atoms with van der Waals surface area (Å²) < 4.78 is 57.9. The fourth-order valence-electron chi connectivity index (χ4n) is 17.5. The molecule has 4 saturated heterocycles. The quantitative estimate of drug-likeness (QED) is 0.116. The summed E-state index contributed by atoms with van der Waals surface area (Å²) in [6.07, 6.45) is -13.5. The number of hydrogen-bond donors (Lipinski definition) is 4. The molecule has 10 aliphatic rings. The van der Waals surface area contributed by atoms with Gasteiger partial charge in [-0.2, -0.15) is 0 Å². The lowest BCUT2D eigenvalue weighted by atomic mass is 9.38. The second-order valence-electron chi connectivity index (χ2n) is 26.1. The number of methoxy groups -OCH3 is 2. The Labute approximate surface area is 483 Å². The lowest BCUT2D eigenvalue weighted by molar-refractivity contribution is -0.290. The van der Waals surface area contributed by atoms with Crippen molar-refractivity contribution in [2.45, 2.75) is 168 Å².